The van der Waals surface area contributed by atoms with Crippen LogP contribution in [0.1, 0.15) is 12.0 Å². The Morgan fingerprint density at radius 3 is 2.60 bits per heavy atom. The average Bonchev–Trinajstić information content (AvgIpc) is 2.20. The summed E-state index contributed by atoms with van der Waals surface area (Å²) in [5.41, 5.74) is 1.12. The lowest BCUT2D eigenvalue weighted by molar-refractivity contribution is 0.673. The van der Waals surface area contributed by atoms with Crippen molar-refractivity contribution in [3.63, 3.8) is 0 Å². The van der Waals surface area contributed by atoms with E-state index in [1.807, 2.05) is 12.1 Å². The summed E-state index contributed by atoms with van der Waals surface area (Å²) in [4.78, 5) is 0. The second kappa shape index (κ2) is 7.34. The Balaban J connectivity index is 2.31. The molecule has 0 aliphatic heterocycles. The van der Waals surface area contributed by atoms with E-state index in [4.69, 9.17) is 34.8 Å². The molecule has 1 aromatic carbocycles. The molecular weight excluding hydrogens is 252 g/mol. The van der Waals surface area contributed by atoms with E-state index < -0.39 is 0 Å². The van der Waals surface area contributed by atoms with Gasteiger partial charge in [0.15, 0.2) is 0 Å². The summed E-state index contributed by atoms with van der Waals surface area (Å²) in [6.45, 7) is 1.87. The monoisotopic (exact) mass is 265 g/mol. The topological polar surface area (TPSA) is 12.0 Å². The molecule has 4 heteroatoms. The molecule has 0 atom stereocenters. The number of hydrogen-bond acceptors (Lipinski definition) is 1. The minimum absolute atomic E-state index is 0.679. The van der Waals surface area contributed by atoms with Gasteiger partial charge in [0, 0.05) is 15.9 Å². The zero-order chi connectivity index (χ0) is 11.1. The van der Waals surface area contributed by atoms with Crippen molar-refractivity contribution in [3.05, 3.63) is 33.8 Å². The maximum Gasteiger partial charge on any atom is 0.0453 e. The molecule has 15 heavy (non-hydrogen) atoms. The Kier molecular flexibility index (Phi) is 6.42. The second-order valence-corrected chi connectivity index (χ2v) is 4.50. The predicted octanol–water partition coefficient (Wildman–Crippen LogP) is 3.75. The minimum Gasteiger partial charge on any atom is -0.316 e. The van der Waals surface area contributed by atoms with Gasteiger partial charge in [-0.05, 0) is 43.6 Å². The molecule has 0 saturated carbocycles. The van der Waals surface area contributed by atoms with Gasteiger partial charge >= 0.3 is 0 Å². The highest BCUT2D eigenvalue weighted by Crippen LogP contribution is 2.20. The van der Waals surface area contributed by atoms with Gasteiger partial charge in [-0.2, -0.15) is 0 Å². The van der Waals surface area contributed by atoms with Crippen molar-refractivity contribution in [3.8, 4) is 0 Å². The fraction of sp³-hybridized carbons (Fsp3) is 0.455. The van der Waals surface area contributed by atoms with Crippen molar-refractivity contribution in [2.45, 2.75) is 12.8 Å². The van der Waals surface area contributed by atoms with Crippen molar-refractivity contribution in [1.29, 1.82) is 0 Å². The van der Waals surface area contributed by atoms with Crippen LogP contribution in [0.2, 0.25) is 10.0 Å². The minimum atomic E-state index is 0.679. The maximum absolute atomic E-state index is 6.04. The Hall–Kier alpha value is 0.0500. The second-order valence-electron chi connectivity index (χ2n) is 3.28. The molecule has 0 radical (unpaired) electrons. The lowest BCUT2D eigenvalue weighted by Gasteiger charge is -2.05. The molecule has 0 aliphatic carbocycles. The fourth-order valence-corrected chi connectivity index (χ4v) is 1.90. The molecule has 0 unspecified atom stereocenters. The van der Waals surface area contributed by atoms with E-state index in [2.05, 4.69) is 5.32 Å². The Morgan fingerprint density at radius 1 is 1.13 bits per heavy atom. The van der Waals surface area contributed by atoms with Gasteiger partial charge in [0.25, 0.3) is 0 Å². The molecule has 0 aromatic heterocycles. The molecular formula is C11H14Cl3N. The summed E-state index contributed by atoms with van der Waals surface area (Å²) in [6, 6.07) is 5.60. The smallest absolute Gasteiger partial charge is 0.0453 e. The molecule has 84 valence electrons. The standard InChI is InChI=1S/C11H14Cl3N/c12-5-1-6-15-7-4-9-2-3-10(13)8-11(9)14/h2-3,8,15H,1,4-7H2. The van der Waals surface area contributed by atoms with Crippen LogP contribution in [0.25, 0.3) is 0 Å². The Morgan fingerprint density at radius 2 is 1.93 bits per heavy atom. The first-order valence-electron chi connectivity index (χ1n) is 4.94. The van der Waals surface area contributed by atoms with E-state index in [9.17, 15) is 0 Å². The van der Waals surface area contributed by atoms with Crippen LogP contribution in [0, 0.1) is 0 Å². The summed E-state index contributed by atoms with van der Waals surface area (Å²) in [6.07, 6.45) is 1.91. The SMILES string of the molecule is ClCCCNCCc1ccc(Cl)cc1Cl. The first-order chi connectivity index (χ1) is 7.24. The van der Waals surface area contributed by atoms with E-state index >= 15 is 0 Å². The van der Waals surface area contributed by atoms with E-state index in [0.717, 1.165) is 36.5 Å². The quantitative estimate of drug-likeness (QED) is 0.611. The average molecular weight is 267 g/mol. The van der Waals surface area contributed by atoms with Gasteiger partial charge in [-0.3, -0.25) is 0 Å². The predicted molar refractivity (Wildman–Crippen MR) is 68.4 cm³/mol. The largest absolute Gasteiger partial charge is 0.316 e. The van der Waals surface area contributed by atoms with Crippen LogP contribution in [-0.4, -0.2) is 19.0 Å². The van der Waals surface area contributed by atoms with E-state index in [1.165, 1.54) is 0 Å². The highest BCUT2D eigenvalue weighted by molar-refractivity contribution is 6.35. The first kappa shape index (κ1) is 13.1. The molecule has 1 N–H and O–H groups in total. The molecule has 0 spiro atoms. The van der Waals surface area contributed by atoms with Crippen molar-refractivity contribution < 1.29 is 0 Å². The van der Waals surface area contributed by atoms with Gasteiger partial charge in [-0.25, -0.2) is 0 Å². The molecule has 1 rings (SSSR count). The van der Waals surface area contributed by atoms with Crippen LogP contribution in [-0.2, 0) is 6.42 Å². The van der Waals surface area contributed by atoms with Gasteiger partial charge in [0.05, 0.1) is 0 Å². The molecule has 1 nitrogen and oxygen atoms in total. The maximum atomic E-state index is 6.04. The highest BCUT2D eigenvalue weighted by atomic mass is 35.5. The summed E-state index contributed by atoms with van der Waals surface area (Å²) >= 11 is 17.4. The lowest BCUT2D eigenvalue weighted by atomic mass is 10.1. The Bertz CT molecular complexity index is 302. The van der Waals surface area contributed by atoms with Gasteiger partial charge < -0.3 is 5.32 Å². The molecule has 0 heterocycles. The lowest BCUT2D eigenvalue weighted by Crippen LogP contribution is -2.18. The first-order valence-corrected chi connectivity index (χ1v) is 6.23. The summed E-state index contributed by atoms with van der Waals surface area (Å²) in [7, 11) is 0. The summed E-state index contributed by atoms with van der Waals surface area (Å²) in [5.74, 6) is 0.703. The van der Waals surface area contributed by atoms with Gasteiger partial charge in [0.1, 0.15) is 0 Å². The molecule has 1 aromatic rings. The van der Waals surface area contributed by atoms with E-state index in [-0.39, 0.29) is 0 Å². The van der Waals surface area contributed by atoms with Crippen LogP contribution in [0.5, 0.6) is 0 Å². The number of nitrogens with one attached hydrogen (secondary N) is 1. The summed E-state index contributed by atoms with van der Waals surface area (Å²) < 4.78 is 0. The molecule has 0 aliphatic rings. The normalized spacial score (nSPS) is 10.6. The number of hydrogen-bond donors (Lipinski definition) is 1. The van der Waals surface area contributed by atoms with Crippen LogP contribution in [0.3, 0.4) is 0 Å². The van der Waals surface area contributed by atoms with Crippen LogP contribution in [0.4, 0.5) is 0 Å². The van der Waals surface area contributed by atoms with Gasteiger partial charge in [-0.1, -0.05) is 29.3 Å². The van der Waals surface area contributed by atoms with Gasteiger partial charge in [0.2, 0.25) is 0 Å². The number of alkyl halides is 1. The fourth-order valence-electron chi connectivity index (χ4n) is 1.26. The van der Waals surface area contributed by atoms with Crippen molar-refractivity contribution in [1.82, 2.24) is 5.32 Å². The van der Waals surface area contributed by atoms with Crippen molar-refractivity contribution in [2.75, 3.05) is 19.0 Å². The van der Waals surface area contributed by atoms with Crippen molar-refractivity contribution in [2.24, 2.45) is 0 Å². The molecule has 0 amide bonds. The number of halogens is 3. The molecule has 0 bridgehead atoms. The molecule has 0 saturated heterocycles. The third kappa shape index (κ3) is 5.07. The Labute approximate surface area is 106 Å². The van der Waals surface area contributed by atoms with E-state index in [0.29, 0.717) is 10.9 Å². The van der Waals surface area contributed by atoms with Crippen LogP contribution in [0.15, 0.2) is 18.2 Å². The van der Waals surface area contributed by atoms with Crippen LogP contribution >= 0.6 is 34.8 Å². The van der Waals surface area contributed by atoms with Gasteiger partial charge in [-0.15, -0.1) is 11.6 Å². The van der Waals surface area contributed by atoms with Crippen LogP contribution < -0.4 is 5.32 Å². The molecule has 0 fully saturated rings. The third-order valence-electron chi connectivity index (χ3n) is 2.07. The summed E-state index contributed by atoms with van der Waals surface area (Å²) in [5, 5.41) is 4.72. The highest BCUT2D eigenvalue weighted by Gasteiger charge is 2.00. The zero-order valence-electron chi connectivity index (χ0n) is 8.40. The van der Waals surface area contributed by atoms with Crippen molar-refractivity contribution >= 4 is 34.8 Å². The van der Waals surface area contributed by atoms with E-state index in [1.54, 1.807) is 6.07 Å². The third-order valence-corrected chi connectivity index (χ3v) is 2.93. The number of rotatable bonds is 6. The zero-order valence-corrected chi connectivity index (χ0v) is 10.7. The number of benzene rings is 1.